The first kappa shape index (κ1) is 11.8. The molecule has 0 aromatic carbocycles. The maximum Gasteiger partial charge on any atom is 0.0900 e. The van der Waals surface area contributed by atoms with Crippen LogP contribution in [0.4, 0.5) is 0 Å². The van der Waals surface area contributed by atoms with Gasteiger partial charge in [-0.15, -0.1) is 11.3 Å². The van der Waals surface area contributed by atoms with E-state index in [2.05, 4.69) is 43.2 Å². The number of hydrogen-bond acceptors (Lipinski definition) is 3. The highest BCUT2D eigenvalue weighted by molar-refractivity contribution is 7.11. The number of aryl methyl sites for hydroxylation is 2. The zero-order chi connectivity index (χ0) is 11.5. The zero-order valence-electron chi connectivity index (χ0n) is 10.3. The van der Waals surface area contributed by atoms with Crippen molar-refractivity contribution in [3.8, 4) is 0 Å². The molecule has 0 saturated carbocycles. The predicted octanol–water partition coefficient (Wildman–Crippen LogP) is 3.52. The van der Waals surface area contributed by atoms with Gasteiger partial charge in [-0.3, -0.25) is 0 Å². The van der Waals surface area contributed by atoms with E-state index in [1.807, 2.05) is 11.3 Å². The molecule has 0 aliphatic heterocycles. The summed E-state index contributed by atoms with van der Waals surface area (Å²) in [6.07, 6.45) is 8.41. The van der Waals surface area contributed by atoms with Gasteiger partial charge < -0.3 is 5.32 Å². The maximum atomic E-state index is 4.49. The molecule has 2 rings (SSSR count). The van der Waals surface area contributed by atoms with Crippen molar-refractivity contribution in [3.63, 3.8) is 0 Å². The Hall–Kier alpha value is -0.670. The number of thiazole rings is 1. The van der Waals surface area contributed by atoms with Crippen molar-refractivity contribution in [2.24, 2.45) is 0 Å². The van der Waals surface area contributed by atoms with Crippen LogP contribution in [0, 0.1) is 13.8 Å². The van der Waals surface area contributed by atoms with Gasteiger partial charge in [-0.25, -0.2) is 4.98 Å². The quantitative estimate of drug-likeness (QED) is 0.812. The van der Waals surface area contributed by atoms with Gasteiger partial charge in [0.05, 0.1) is 10.7 Å². The molecule has 0 bridgehead atoms. The van der Waals surface area contributed by atoms with Crippen molar-refractivity contribution in [2.75, 3.05) is 0 Å². The van der Waals surface area contributed by atoms with E-state index < -0.39 is 0 Å². The SMILES string of the molecule is Cc1nc(C)c(C(C)NC2C=CCCC2)s1. The summed E-state index contributed by atoms with van der Waals surface area (Å²) in [5, 5.41) is 4.84. The average Bonchev–Trinajstić information content (AvgIpc) is 2.59. The number of hydrogen-bond donors (Lipinski definition) is 1. The van der Waals surface area contributed by atoms with Crippen molar-refractivity contribution in [1.82, 2.24) is 10.3 Å². The molecular formula is C13H20N2S. The van der Waals surface area contributed by atoms with Crippen LogP contribution in [0.2, 0.25) is 0 Å². The Morgan fingerprint density at radius 3 is 2.88 bits per heavy atom. The van der Waals surface area contributed by atoms with Crippen LogP contribution in [0.25, 0.3) is 0 Å². The summed E-state index contributed by atoms with van der Waals surface area (Å²) in [6, 6.07) is 0.963. The van der Waals surface area contributed by atoms with E-state index in [0.29, 0.717) is 12.1 Å². The average molecular weight is 236 g/mol. The highest BCUT2D eigenvalue weighted by Crippen LogP contribution is 2.25. The predicted molar refractivity (Wildman–Crippen MR) is 69.9 cm³/mol. The smallest absolute Gasteiger partial charge is 0.0900 e. The van der Waals surface area contributed by atoms with Crippen LogP contribution in [0.15, 0.2) is 12.2 Å². The first-order valence-electron chi connectivity index (χ1n) is 6.03. The van der Waals surface area contributed by atoms with Crippen LogP contribution >= 0.6 is 11.3 Å². The number of aromatic nitrogens is 1. The molecule has 1 aromatic rings. The Morgan fingerprint density at radius 1 is 1.50 bits per heavy atom. The third-order valence-corrected chi connectivity index (χ3v) is 4.31. The molecule has 1 heterocycles. The number of nitrogens with zero attached hydrogens (tertiary/aromatic N) is 1. The van der Waals surface area contributed by atoms with E-state index in [-0.39, 0.29) is 0 Å². The largest absolute Gasteiger partial charge is 0.303 e. The number of rotatable bonds is 3. The standard InChI is InChI=1S/C13H20N2S/c1-9-13(16-11(3)14-9)10(2)15-12-7-5-4-6-8-12/h5,7,10,12,15H,4,6,8H2,1-3H3. The van der Waals surface area contributed by atoms with E-state index in [4.69, 9.17) is 0 Å². The summed E-state index contributed by atoms with van der Waals surface area (Å²) < 4.78 is 0. The van der Waals surface area contributed by atoms with Crippen LogP contribution in [0.3, 0.4) is 0 Å². The Bertz CT molecular complexity index is 381. The Balaban J connectivity index is 2.02. The topological polar surface area (TPSA) is 24.9 Å². The van der Waals surface area contributed by atoms with Crippen LogP contribution in [0.1, 0.15) is 47.8 Å². The third-order valence-electron chi connectivity index (χ3n) is 3.05. The first-order chi connectivity index (χ1) is 7.66. The van der Waals surface area contributed by atoms with Crippen molar-refractivity contribution in [1.29, 1.82) is 0 Å². The highest BCUT2D eigenvalue weighted by Gasteiger charge is 2.16. The summed E-state index contributed by atoms with van der Waals surface area (Å²) >= 11 is 1.81. The Morgan fingerprint density at radius 2 is 2.31 bits per heavy atom. The lowest BCUT2D eigenvalue weighted by molar-refractivity contribution is 0.470. The highest BCUT2D eigenvalue weighted by atomic mass is 32.1. The molecule has 0 radical (unpaired) electrons. The van der Waals surface area contributed by atoms with E-state index in [1.165, 1.54) is 34.8 Å². The Labute approximate surface area is 102 Å². The third kappa shape index (κ3) is 2.71. The number of allylic oxidation sites excluding steroid dienone is 1. The summed E-state index contributed by atoms with van der Waals surface area (Å²) in [7, 11) is 0. The molecule has 0 saturated heterocycles. The first-order valence-corrected chi connectivity index (χ1v) is 6.85. The van der Waals surface area contributed by atoms with Crippen LogP contribution < -0.4 is 5.32 Å². The lowest BCUT2D eigenvalue weighted by atomic mass is 10.0. The second-order valence-corrected chi connectivity index (χ2v) is 5.77. The molecule has 16 heavy (non-hydrogen) atoms. The van der Waals surface area contributed by atoms with Crippen molar-refractivity contribution in [2.45, 2.75) is 52.1 Å². The minimum atomic E-state index is 0.416. The molecule has 1 aromatic heterocycles. The number of nitrogens with one attached hydrogen (secondary N) is 1. The molecule has 0 spiro atoms. The van der Waals surface area contributed by atoms with Gasteiger partial charge in [0, 0.05) is 17.0 Å². The van der Waals surface area contributed by atoms with Gasteiger partial charge in [-0.2, -0.15) is 0 Å². The van der Waals surface area contributed by atoms with Gasteiger partial charge in [0.1, 0.15) is 0 Å². The van der Waals surface area contributed by atoms with Crippen LogP contribution in [-0.4, -0.2) is 11.0 Å². The Kier molecular flexibility index (Phi) is 3.77. The molecule has 1 N–H and O–H groups in total. The molecule has 2 unspecified atom stereocenters. The molecule has 3 heteroatoms. The molecule has 2 atom stereocenters. The van der Waals surface area contributed by atoms with E-state index >= 15 is 0 Å². The van der Waals surface area contributed by atoms with Gasteiger partial charge in [-0.05, 0) is 40.0 Å². The fourth-order valence-electron chi connectivity index (χ4n) is 2.30. The minimum Gasteiger partial charge on any atom is -0.303 e. The van der Waals surface area contributed by atoms with Gasteiger partial charge >= 0.3 is 0 Å². The zero-order valence-corrected chi connectivity index (χ0v) is 11.1. The molecule has 0 fully saturated rings. The minimum absolute atomic E-state index is 0.416. The van der Waals surface area contributed by atoms with Gasteiger partial charge in [0.15, 0.2) is 0 Å². The summed E-state index contributed by atoms with van der Waals surface area (Å²) in [5.41, 5.74) is 1.18. The molecule has 2 nitrogen and oxygen atoms in total. The van der Waals surface area contributed by atoms with Crippen molar-refractivity contribution in [3.05, 3.63) is 27.7 Å². The monoisotopic (exact) mass is 236 g/mol. The fraction of sp³-hybridized carbons (Fsp3) is 0.615. The molecular weight excluding hydrogens is 216 g/mol. The van der Waals surface area contributed by atoms with Gasteiger partial charge in [0.2, 0.25) is 0 Å². The van der Waals surface area contributed by atoms with Crippen molar-refractivity contribution < 1.29 is 0 Å². The molecule has 1 aliphatic carbocycles. The second kappa shape index (κ2) is 5.11. The summed E-state index contributed by atoms with van der Waals surface area (Å²) in [5.74, 6) is 0. The van der Waals surface area contributed by atoms with E-state index in [0.717, 1.165) is 0 Å². The van der Waals surface area contributed by atoms with E-state index in [1.54, 1.807) is 0 Å². The normalized spacial score (nSPS) is 22.3. The summed E-state index contributed by atoms with van der Waals surface area (Å²) in [6.45, 7) is 6.42. The fourth-order valence-corrected chi connectivity index (χ4v) is 3.24. The molecule has 88 valence electrons. The van der Waals surface area contributed by atoms with E-state index in [9.17, 15) is 0 Å². The van der Waals surface area contributed by atoms with Gasteiger partial charge in [-0.1, -0.05) is 12.2 Å². The van der Waals surface area contributed by atoms with Crippen LogP contribution in [0.5, 0.6) is 0 Å². The van der Waals surface area contributed by atoms with Gasteiger partial charge in [0.25, 0.3) is 0 Å². The molecule has 0 amide bonds. The van der Waals surface area contributed by atoms with Crippen LogP contribution in [-0.2, 0) is 0 Å². The molecule has 1 aliphatic rings. The summed E-state index contributed by atoms with van der Waals surface area (Å²) in [4.78, 5) is 5.87. The lowest BCUT2D eigenvalue weighted by Crippen LogP contribution is -2.30. The second-order valence-electron chi connectivity index (χ2n) is 4.54. The maximum absolute atomic E-state index is 4.49. The lowest BCUT2D eigenvalue weighted by Gasteiger charge is -2.22. The van der Waals surface area contributed by atoms with Crippen molar-refractivity contribution >= 4 is 11.3 Å².